The monoisotopic (exact) mass is 302 g/mol. The number of nitrogens with zero attached hydrogens (tertiary/aromatic N) is 1. The molecule has 0 aliphatic rings. The fourth-order valence-corrected chi connectivity index (χ4v) is 3.29. The summed E-state index contributed by atoms with van der Waals surface area (Å²) in [5.74, 6) is 0. The van der Waals surface area contributed by atoms with Crippen molar-refractivity contribution in [2.45, 2.75) is 6.04 Å². The van der Waals surface area contributed by atoms with E-state index in [4.69, 9.17) is 17.0 Å². The van der Waals surface area contributed by atoms with Gasteiger partial charge in [0.15, 0.2) is 4.80 Å². The second-order valence-corrected chi connectivity index (χ2v) is 5.84. The standard InChI is InChI=1S/C15H11ClN2OS/c16-11-7-5-10(6-8-11)13(9-19)18-12-3-1-2-4-14(12)20-15(18)17/h1-9,13,17H. The van der Waals surface area contributed by atoms with Crippen LogP contribution in [0.15, 0.2) is 48.5 Å². The Bertz CT molecular complexity index is 820. The van der Waals surface area contributed by atoms with Crippen molar-refractivity contribution in [2.75, 3.05) is 0 Å². The number of rotatable bonds is 3. The number of hydrogen-bond donors (Lipinski definition) is 1. The van der Waals surface area contributed by atoms with Gasteiger partial charge in [-0.15, -0.1) is 0 Å². The van der Waals surface area contributed by atoms with E-state index in [0.29, 0.717) is 9.82 Å². The summed E-state index contributed by atoms with van der Waals surface area (Å²) >= 11 is 7.25. The number of para-hydroxylation sites is 1. The molecule has 20 heavy (non-hydrogen) atoms. The molecule has 3 rings (SSSR count). The summed E-state index contributed by atoms with van der Waals surface area (Å²) in [4.78, 5) is 11.9. The normalized spacial score (nSPS) is 12.4. The predicted octanol–water partition coefficient (Wildman–Crippen LogP) is 3.62. The van der Waals surface area contributed by atoms with E-state index in [9.17, 15) is 4.79 Å². The van der Waals surface area contributed by atoms with Crippen molar-refractivity contribution in [3.05, 3.63) is 63.9 Å². The highest BCUT2D eigenvalue weighted by atomic mass is 35.5. The topological polar surface area (TPSA) is 45.9 Å². The summed E-state index contributed by atoms with van der Waals surface area (Å²) in [6, 6.07) is 14.4. The van der Waals surface area contributed by atoms with E-state index in [1.54, 1.807) is 16.7 Å². The number of hydrogen-bond acceptors (Lipinski definition) is 3. The molecule has 0 aliphatic heterocycles. The molecule has 0 saturated carbocycles. The van der Waals surface area contributed by atoms with Gasteiger partial charge in [-0.3, -0.25) is 5.41 Å². The van der Waals surface area contributed by atoms with E-state index >= 15 is 0 Å². The fourth-order valence-electron chi connectivity index (χ4n) is 2.23. The van der Waals surface area contributed by atoms with Crippen LogP contribution in [0, 0.1) is 5.41 Å². The lowest BCUT2D eigenvalue weighted by Gasteiger charge is -2.14. The van der Waals surface area contributed by atoms with Gasteiger partial charge >= 0.3 is 0 Å². The Morgan fingerprint density at radius 2 is 1.85 bits per heavy atom. The van der Waals surface area contributed by atoms with E-state index in [-0.39, 0.29) is 0 Å². The van der Waals surface area contributed by atoms with Crippen LogP contribution >= 0.6 is 22.9 Å². The predicted molar refractivity (Wildman–Crippen MR) is 81.3 cm³/mol. The summed E-state index contributed by atoms with van der Waals surface area (Å²) in [5.41, 5.74) is 1.72. The molecule has 3 nitrogen and oxygen atoms in total. The van der Waals surface area contributed by atoms with E-state index in [1.165, 1.54) is 11.3 Å². The number of carbonyl (C=O) groups excluding carboxylic acids is 1. The molecule has 5 heteroatoms. The molecular formula is C15H11ClN2OS. The van der Waals surface area contributed by atoms with Gasteiger partial charge in [0, 0.05) is 5.02 Å². The van der Waals surface area contributed by atoms with E-state index in [0.717, 1.165) is 22.1 Å². The largest absolute Gasteiger partial charge is 0.302 e. The number of carbonyl (C=O) groups is 1. The molecule has 0 bridgehead atoms. The van der Waals surface area contributed by atoms with Crippen LogP contribution in [0.5, 0.6) is 0 Å². The van der Waals surface area contributed by atoms with Crippen LogP contribution in [0.25, 0.3) is 10.2 Å². The van der Waals surface area contributed by atoms with Crippen molar-refractivity contribution in [1.82, 2.24) is 4.57 Å². The summed E-state index contributed by atoms with van der Waals surface area (Å²) in [7, 11) is 0. The maximum atomic E-state index is 11.6. The van der Waals surface area contributed by atoms with Crippen LogP contribution in [-0.4, -0.2) is 10.9 Å². The minimum absolute atomic E-state index is 0.359. The van der Waals surface area contributed by atoms with Gasteiger partial charge in [-0.25, -0.2) is 0 Å². The third-order valence-electron chi connectivity index (χ3n) is 3.17. The second-order valence-electron chi connectivity index (χ2n) is 4.38. The van der Waals surface area contributed by atoms with E-state index in [2.05, 4.69) is 0 Å². The number of benzene rings is 2. The Morgan fingerprint density at radius 3 is 2.55 bits per heavy atom. The van der Waals surface area contributed by atoms with Gasteiger partial charge in [-0.2, -0.15) is 0 Å². The molecule has 0 aliphatic carbocycles. The Morgan fingerprint density at radius 1 is 1.15 bits per heavy atom. The molecule has 0 saturated heterocycles. The maximum absolute atomic E-state index is 11.6. The summed E-state index contributed by atoms with van der Waals surface area (Å²) < 4.78 is 2.74. The van der Waals surface area contributed by atoms with Crippen molar-refractivity contribution >= 4 is 39.4 Å². The van der Waals surface area contributed by atoms with Crippen LogP contribution in [0.3, 0.4) is 0 Å². The summed E-state index contributed by atoms with van der Waals surface area (Å²) in [6.07, 6.45) is 0.862. The molecule has 0 spiro atoms. The van der Waals surface area contributed by atoms with Crippen LogP contribution in [-0.2, 0) is 4.79 Å². The van der Waals surface area contributed by atoms with Crippen molar-refractivity contribution < 1.29 is 4.79 Å². The molecular weight excluding hydrogens is 292 g/mol. The van der Waals surface area contributed by atoms with Gasteiger partial charge < -0.3 is 9.36 Å². The number of nitrogens with one attached hydrogen (secondary N) is 1. The van der Waals surface area contributed by atoms with Gasteiger partial charge in [0.05, 0.1) is 10.2 Å². The van der Waals surface area contributed by atoms with Crippen LogP contribution < -0.4 is 4.80 Å². The third kappa shape index (κ3) is 2.17. The quantitative estimate of drug-likeness (QED) is 0.738. The molecule has 0 fully saturated rings. The number of aromatic nitrogens is 1. The Hall–Kier alpha value is -1.91. The first-order valence-corrected chi connectivity index (χ1v) is 7.25. The minimum atomic E-state index is -0.504. The smallest absolute Gasteiger partial charge is 0.183 e. The zero-order chi connectivity index (χ0) is 14.1. The molecule has 1 aromatic heterocycles. The Balaban J connectivity index is 2.21. The molecule has 0 amide bonds. The molecule has 0 radical (unpaired) electrons. The highest BCUT2D eigenvalue weighted by Gasteiger charge is 2.17. The molecule has 1 atom stereocenters. The Labute approximate surface area is 124 Å². The average molecular weight is 303 g/mol. The minimum Gasteiger partial charge on any atom is -0.302 e. The number of fused-ring (bicyclic) bond motifs is 1. The summed E-state index contributed by atoms with van der Waals surface area (Å²) in [5, 5.41) is 8.75. The highest BCUT2D eigenvalue weighted by Crippen LogP contribution is 2.24. The van der Waals surface area contributed by atoms with Gasteiger partial charge in [0.2, 0.25) is 0 Å². The first-order valence-electron chi connectivity index (χ1n) is 6.06. The van der Waals surface area contributed by atoms with Crippen LogP contribution in [0.4, 0.5) is 0 Å². The SMILES string of the molecule is N=c1sc2ccccc2n1C(C=O)c1ccc(Cl)cc1. The number of aldehydes is 1. The van der Waals surface area contributed by atoms with Crippen molar-refractivity contribution in [1.29, 1.82) is 5.41 Å². The Kier molecular flexibility index (Phi) is 3.42. The fraction of sp³-hybridized carbons (Fsp3) is 0.0667. The van der Waals surface area contributed by atoms with E-state index in [1.807, 2.05) is 36.4 Å². The lowest BCUT2D eigenvalue weighted by atomic mass is 10.1. The van der Waals surface area contributed by atoms with Gasteiger partial charge in [-0.1, -0.05) is 47.2 Å². The first kappa shape index (κ1) is 13.1. The zero-order valence-electron chi connectivity index (χ0n) is 10.4. The van der Waals surface area contributed by atoms with Gasteiger partial charge in [-0.05, 0) is 29.8 Å². The number of halogens is 1. The first-order chi connectivity index (χ1) is 9.70. The lowest BCUT2D eigenvalue weighted by Crippen LogP contribution is -2.21. The van der Waals surface area contributed by atoms with Crippen LogP contribution in [0.2, 0.25) is 5.02 Å². The molecule has 2 aromatic carbocycles. The maximum Gasteiger partial charge on any atom is 0.183 e. The van der Waals surface area contributed by atoms with Crippen molar-refractivity contribution in [3.8, 4) is 0 Å². The van der Waals surface area contributed by atoms with E-state index < -0.39 is 6.04 Å². The second kappa shape index (κ2) is 5.23. The molecule has 3 aromatic rings. The van der Waals surface area contributed by atoms with Gasteiger partial charge in [0.25, 0.3) is 0 Å². The lowest BCUT2D eigenvalue weighted by molar-refractivity contribution is -0.109. The number of thiazole rings is 1. The van der Waals surface area contributed by atoms with Gasteiger partial charge in [0.1, 0.15) is 12.3 Å². The summed E-state index contributed by atoms with van der Waals surface area (Å²) in [6.45, 7) is 0. The van der Waals surface area contributed by atoms with Crippen LogP contribution in [0.1, 0.15) is 11.6 Å². The highest BCUT2D eigenvalue weighted by molar-refractivity contribution is 7.16. The molecule has 1 heterocycles. The van der Waals surface area contributed by atoms with Crippen molar-refractivity contribution in [2.24, 2.45) is 0 Å². The third-order valence-corrected chi connectivity index (χ3v) is 4.38. The zero-order valence-corrected chi connectivity index (χ0v) is 12.0. The molecule has 100 valence electrons. The molecule has 1 N–H and O–H groups in total. The average Bonchev–Trinajstić information content (AvgIpc) is 2.79. The molecule has 1 unspecified atom stereocenters. The van der Waals surface area contributed by atoms with Crippen molar-refractivity contribution in [3.63, 3.8) is 0 Å².